The lowest BCUT2D eigenvalue weighted by atomic mass is 10.1. The van der Waals surface area contributed by atoms with E-state index in [2.05, 4.69) is 17.1 Å². The first-order chi connectivity index (χ1) is 6.84. The molecule has 0 bridgehead atoms. The Kier molecular flexibility index (Phi) is 3.79. The van der Waals surface area contributed by atoms with Gasteiger partial charge in [-0.3, -0.25) is 0 Å². The molecule has 2 atom stereocenters. The average Bonchev–Trinajstić information content (AvgIpc) is 2.56. The molecule has 3 heteroatoms. The maximum absolute atomic E-state index is 5.54. The van der Waals surface area contributed by atoms with Crippen molar-refractivity contribution in [2.24, 2.45) is 11.8 Å². The van der Waals surface area contributed by atoms with Crippen molar-refractivity contribution in [1.82, 2.24) is 10.2 Å². The van der Waals surface area contributed by atoms with E-state index in [0.29, 0.717) is 5.92 Å². The molecule has 0 aromatic rings. The van der Waals surface area contributed by atoms with Gasteiger partial charge in [0.25, 0.3) is 0 Å². The number of hydrogen-bond acceptors (Lipinski definition) is 3. The number of rotatable bonds is 2. The molecule has 2 unspecified atom stereocenters. The van der Waals surface area contributed by atoms with Gasteiger partial charge in [0.05, 0.1) is 13.2 Å². The van der Waals surface area contributed by atoms with E-state index in [4.69, 9.17) is 4.74 Å². The minimum atomic E-state index is 0.701. The Morgan fingerprint density at radius 2 is 2.43 bits per heavy atom. The van der Waals surface area contributed by atoms with Crippen molar-refractivity contribution in [2.45, 2.75) is 13.3 Å². The van der Waals surface area contributed by atoms with Crippen LogP contribution < -0.4 is 5.32 Å². The molecule has 1 N–H and O–H groups in total. The number of nitrogens with one attached hydrogen (secondary N) is 1. The normalized spacial score (nSPS) is 35.8. The fraction of sp³-hybridized carbons (Fsp3) is 1.00. The largest absolute Gasteiger partial charge is 0.380 e. The zero-order chi connectivity index (χ0) is 9.80. The molecule has 2 fully saturated rings. The van der Waals surface area contributed by atoms with Crippen LogP contribution in [-0.2, 0) is 4.74 Å². The van der Waals surface area contributed by atoms with Gasteiger partial charge in [0.2, 0.25) is 0 Å². The monoisotopic (exact) mass is 198 g/mol. The number of nitrogens with zero attached hydrogens (tertiary/aromatic N) is 1. The first-order valence-electron chi connectivity index (χ1n) is 5.85. The maximum Gasteiger partial charge on any atom is 0.0593 e. The summed E-state index contributed by atoms with van der Waals surface area (Å²) in [6.45, 7) is 10.2. The van der Waals surface area contributed by atoms with E-state index in [1.807, 2.05) is 0 Å². The van der Waals surface area contributed by atoms with E-state index in [-0.39, 0.29) is 0 Å². The van der Waals surface area contributed by atoms with E-state index in [1.165, 1.54) is 32.6 Å². The molecule has 2 rings (SSSR count). The minimum Gasteiger partial charge on any atom is -0.380 e. The second-order valence-corrected chi connectivity index (χ2v) is 4.80. The van der Waals surface area contributed by atoms with Gasteiger partial charge in [-0.25, -0.2) is 0 Å². The van der Waals surface area contributed by atoms with Gasteiger partial charge < -0.3 is 15.0 Å². The number of hydrogen-bond donors (Lipinski definition) is 1. The van der Waals surface area contributed by atoms with E-state index < -0.39 is 0 Å². The van der Waals surface area contributed by atoms with Crippen LogP contribution in [0.2, 0.25) is 0 Å². The summed E-state index contributed by atoms with van der Waals surface area (Å²) in [4.78, 5) is 2.58. The Bertz CT molecular complexity index is 169. The van der Waals surface area contributed by atoms with Crippen LogP contribution in [0.3, 0.4) is 0 Å². The Morgan fingerprint density at radius 1 is 1.50 bits per heavy atom. The van der Waals surface area contributed by atoms with E-state index in [0.717, 1.165) is 25.7 Å². The lowest BCUT2D eigenvalue weighted by Gasteiger charge is -2.24. The molecule has 0 saturated carbocycles. The molecular formula is C11H22N2O. The summed E-state index contributed by atoms with van der Waals surface area (Å²) < 4.78 is 5.54. The lowest BCUT2D eigenvalue weighted by Crippen LogP contribution is -2.34. The van der Waals surface area contributed by atoms with Crippen LogP contribution in [0.25, 0.3) is 0 Å². The molecule has 2 aliphatic rings. The molecule has 2 heterocycles. The van der Waals surface area contributed by atoms with Crippen LogP contribution in [0.1, 0.15) is 13.3 Å². The third-order valence-corrected chi connectivity index (χ3v) is 3.20. The summed E-state index contributed by atoms with van der Waals surface area (Å²) in [5.74, 6) is 1.58. The van der Waals surface area contributed by atoms with Crippen LogP contribution in [0.4, 0.5) is 0 Å². The molecule has 0 amide bonds. The summed E-state index contributed by atoms with van der Waals surface area (Å²) >= 11 is 0. The van der Waals surface area contributed by atoms with E-state index >= 15 is 0 Å². The molecule has 2 aliphatic heterocycles. The highest BCUT2D eigenvalue weighted by molar-refractivity contribution is 4.76. The highest BCUT2D eigenvalue weighted by Gasteiger charge is 2.20. The van der Waals surface area contributed by atoms with E-state index in [9.17, 15) is 0 Å². The van der Waals surface area contributed by atoms with Crippen LogP contribution in [0, 0.1) is 11.8 Å². The molecule has 0 aromatic carbocycles. The smallest absolute Gasteiger partial charge is 0.0593 e. The van der Waals surface area contributed by atoms with Crippen molar-refractivity contribution in [1.29, 1.82) is 0 Å². The summed E-state index contributed by atoms with van der Waals surface area (Å²) in [6, 6.07) is 0. The summed E-state index contributed by atoms with van der Waals surface area (Å²) in [5, 5.41) is 3.43. The Balaban J connectivity index is 1.77. The van der Waals surface area contributed by atoms with Gasteiger partial charge in [-0.05, 0) is 31.3 Å². The van der Waals surface area contributed by atoms with E-state index in [1.54, 1.807) is 0 Å². The van der Waals surface area contributed by atoms with Gasteiger partial charge in [0, 0.05) is 19.6 Å². The van der Waals surface area contributed by atoms with Crippen LogP contribution in [0.5, 0.6) is 0 Å². The SMILES string of the molecule is CC1COCCN(CC2CCNC2)C1. The Hall–Kier alpha value is -0.120. The molecule has 3 nitrogen and oxygen atoms in total. The number of ether oxygens (including phenoxy) is 1. The second-order valence-electron chi connectivity index (χ2n) is 4.80. The Morgan fingerprint density at radius 3 is 3.21 bits per heavy atom. The molecule has 82 valence electrons. The predicted octanol–water partition coefficient (Wildman–Crippen LogP) is 0.564. The van der Waals surface area contributed by atoms with Crippen LogP contribution in [0.15, 0.2) is 0 Å². The molecule has 0 radical (unpaired) electrons. The summed E-state index contributed by atoms with van der Waals surface area (Å²) in [6.07, 6.45) is 1.35. The molecule has 0 aliphatic carbocycles. The zero-order valence-corrected chi connectivity index (χ0v) is 9.17. The van der Waals surface area contributed by atoms with Gasteiger partial charge >= 0.3 is 0 Å². The summed E-state index contributed by atoms with van der Waals surface area (Å²) in [5.41, 5.74) is 0. The van der Waals surface area contributed by atoms with Crippen LogP contribution >= 0.6 is 0 Å². The van der Waals surface area contributed by atoms with Crippen LogP contribution in [-0.4, -0.2) is 50.8 Å². The molecular weight excluding hydrogens is 176 g/mol. The molecule has 0 spiro atoms. The molecule has 14 heavy (non-hydrogen) atoms. The van der Waals surface area contributed by atoms with Crippen molar-refractivity contribution in [3.63, 3.8) is 0 Å². The zero-order valence-electron chi connectivity index (χ0n) is 9.17. The van der Waals surface area contributed by atoms with Gasteiger partial charge in [0.1, 0.15) is 0 Å². The van der Waals surface area contributed by atoms with Gasteiger partial charge in [-0.2, -0.15) is 0 Å². The Labute approximate surface area is 86.8 Å². The third kappa shape index (κ3) is 2.94. The lowest BCUT2D eigenvalue weighted by molar-refractivity contribution is 0.125. The molecule has 0 aromatic heterocycles. The quantitative estimate of drug-likeness (QED) is 0.702. The summed E-state index contributed by atoms with van der Waals surface area (Å²) in [7, 11) is 0. The van der Waals surface area contributed by atoms with Gasteiger partial charge in [-0.1, -0.05) is 6.92 Å². The maximum atomic E-state index is 5.54. The molecule has 2 saturated heterocycles. The third-order valence-electron chi connectivity index (χ3n) is 3.20. The van der Waals surface area contributed by atoms with Gasteiger partial charge in [0.15, 0.2) is 0 Å². The van der Waals surface area contributed by atoms with Crippen molar-refractivity contribution < 1.29 is 4.74 Å². The predicted molar refractivity (Wildman–Crippen MR) is 57.4 cm³/mol. The minimum absolute atomic E-state index is 0.701. The van der Waals surface area contributed by atoms with Crippen molar-refractivity contribution in [3.8, 4) is 0 Å². The topological polar surface area (TPSA) is 24.5 Å². The fourth-order valence-corrected chi connectivity index (χ4v) is 2.46. The highest BCUT2D eigenvalue weighted by atomic mass is 16.5. The van der Waals surface area contributed by atoms with Crippen molar-refractivity contribution >= 4 is 0 Å². The first-order valence-corrected chi connectivity index (χ1v) is 5.85. The highest BCUT2D eigenvalue weighted by Crippen LogP contribution is 2.13. The van der Waals surface area contributed by atoms with Crippen molar-refractivity contribution in [2.75, 3.05) is 45.9 Å². The second kappa shape index (κ2) is 5.10. The van der Waals surface area contributed by atoms with Gasteiger partial charge in [-0.15, -0.1) is 0 Å². The van der Waals surface area contributed by atoms with Crippen molar-refractivity contribution in [3.05, 3.63) is 0 Å². The standard InChI is InChI=1S/C11H22N2O/c1-10-7-13(4-5-14-9-10)8-11-2-3-12-6-11/h10-12H,2-9H2,1H3. The fourth-order valence-electron chi connectivity index (χ4n) is 2.46. The first kappa shape index (κ1) is 10.4. The average molecular weight is 198 g/mol.